The number of carbonyl (C=O) groups is 1. The molecule has 0 aromatic heterocycles. The first kappa shape index (κ1) is 26.9. The van der Waals surface area contributed by atoms with E-state index in [2.05, 4.69) is 33.9 Å². The summed E-state index contributed by atoms with van der Waals surface area (Å²) in [7, 11) is 2.62. The molecule has 5 nitrogen and oxygen atoms in total. The van der Waals surface area contributed by atoms with Gasteiger partial charge in [-0.15, -0.1) is 0 Å². The zero-order valence-corrected chi connectivity index (χ0v) is 21.4. The Bertz CT molecular complexity index is 1290. The zero-order chi connectivity index (χ0) is 24.6. The fourth-order valence-electron chi connectivity index (χ4n) is 3.90. The van der Waals surface area contributed by atoms with E-state index in [9.17, 15) is 9.00 Å². The molecule has 1 atom stereocenters. The molecule has 0 fully saturated rings. The summed E-state index contributed by atoms with van der Waals surface area (Å²) in [6.07, 6.45) is 1.66. The molecule has 0 spiro atoms. The van der Waals surface area contributed by atoms with E-state index in [0.717, 1.165) is 39.4 Å². The largest absolute Gasteiger partial charge is 0.412 e. The van der Waals surface area contributed by atoms with E-state index >= 15 is 0 Å². The molecule has 0 aliphatic heterocycles. The van der Waals surface area contributed by atoms with Crippen LogP contribution in [0.2, 0.25) is 0 Å². The second-order valence-corrected chi connectivity index (χ2v) is 9.89. The van der Waals surface area contributed by atoms with Gasteiger partial charge in [-0.05, 0) is 59.0 Å². The summed E-state index contributed by atoms with van der Waals surface area (Å²) >= 11 is 0. The first-order valence-corrected chi connectivity index (χ1v) is 12.8. The van der Waals surface area contributed by atoms with E-state index in [1.165, 1.54) is 5.56 Å². The van der Waals surface area contributed by atoms with Gasteiger partial charge in [-0.1, -0.05) is 72.8 Å². The molecule has 3 N–H and O–H groups in total. The molecule has 1 unspecified atom stereocenters. The molecule has 0 aliphatic rings. The van der Waals surface area contributed by atoms with Crippen molar-refractivity contribution in [3.63, 3.8) is 0 Å². The van der Waals surface area contributed by atoms with E-state index < -0.39 is 11.0 Å². The normalized spacial score (nSPS) is 11.3. The summed E-state index contributed by atoms with van der Waals surface area (Å²) in [5.74, 6) is 0.211. The lowest BCUT2D eigenvalue weighted by Crippen LogP contribution is -2.08. The van der Waals surface area contributed by atoms with E-state index in [1.807, 2.05) is 93.0 Å². The topological polar surface area (TPSA) is 80.9 Å². The van der Waals surface area contributed by atoms with E-state index in [4.69, 9.17) is 0 Å². The number of hydrogen-bond donors (Lipinski definition) is 1. The summed E-state index contributed by atoms with van der Waals surface area (Å²) in [6, 6.07) is 33.6. The van der Waals surface area contributed by atoms with Crippen molar-refractivity contribution in [2.45, 2.75) is 24.2 Å². The summed E-state index contributed by atoms with van der Waals surface area (Å²) in [4.78, 5) is 15.3. The highest BCUT2D eigenvalue weighted by atomic mass is 32.2. The molecule has 0 bridgehead atoms. The molecule has 4 rings (SSSR count). The molecule has 0 saturated carbocycles. The van der Waals surface area contributed by atoms with Crippen molar-refractivity contribution in [1.29, 1.82) is 0 Å². The molecule has 0 radical (unpaired) electrons. The molecule has 0 aliphatic carbocycles. The van der Waals surface area contributed by atoms with Crippen LogP contribution >= 0.6 is 0 Å². The van der Waals surface area contributed by atoms with Crippen LogP contribution in [0, 0.1) is 0 Å². The fourth-order valence-corrected chi connectivity index (χ4v) is 4.95. The van der Waals surface area contributed by atoms with Gasteiger partial charge in [-0.25, -0.2) is 4.21 Å². The maximum atomic E-state index is 13.1. The van der Waals surface area contributed by atoms with Crippen LogP contribution < -0.4 is 9.62 Å². The number of benzene rings is 4. The van der Waals surface area contributed by atoms with Gasteiger partial charge in [0.2, 0.25) is 0 Å². The predicted octanol–water partition coefficient (Wildman–Crippen LogP) is 5.47. The molecule has 0 amide bonds. The van der Waals surface area contributed by atoms with Crippen molar-refractivity contribution in [3.8, 4) is 11.1 Å². The molecule has 6 heteroatoms. The van der Waals surface area contributed by atoms with Crippen LogP contribution in [0.25, 0.3) is 11.1 Å². The van der Waals surface area contributed by atoms with Gasteiger partial charge in [-0.2, -0.15) is 0 Å². The Morgan fingerprint density at radius 1 is 0.778 bits per heavy atom. The number of nitrogens with one attached hydrogen (secondary N) is 1. The van der Waals surface area contributed by atoms with Crippen LogP contribution in [0.1, 0.15) is 17.5 Å². The lowest BCUT2D eigenvalue weighted by atomic mass is 10.0. The molecule has 4 aromatic carbocycles. The van der Waals surface area contributed by atoms with Gasteiger partial charge in [0.15, 0.2) is 11.0 Å². The van der Waals surface area contributed by atoms with Crippen LogP contribution in [0.15, 0.2) is 108 Å². The van der Waals surface area contributed by atoms with E-state index in [1.54, 1.807) is 0 Å². The van der Waals surface area contributed by atoms with Crippen LogP contribution in [0.3, 0.4) is 0 Å². The van der Waals surface area contributed by atoms with Crippen LogP contribution in [0.4, 0.5) is 11.4 Å². The Balaban J connectivity index is 0.00000361. The summed E-state index contributed by atoms with van der Waals surface area (Å²) < 4.78 is 16.2. The monoisotopic (exact) mass is 500 g/mol. The number of hydrogen-bond acceptors (Lipinski definition) is 3. The first-order valence-electron chi connectivity index (χ1n) is 11.7. The molecule has 0 saturated heterocycles. The maximum Gasteiger partial charge on any atom is 0.150 e. The molecular weight excluding hydrogens is 468 g/mol. The van der Waals surface area contributed by atoms with Crippen molar-refractivity contribution in [1.82, 2.24) is 0 Å². The van der Waals surface area contributed by atoms with Gasteiger partial charge in [0.05, 0.1) is 4.90 Å². The van der Waals surface area contributed by atoms with Gasteiger partial charge >= 0.3 is 0 Å². The molecule has 0 heterocycles. The van der Waals surface area contributed by atoms with Crippen molar-refractivity contribution >= 4 is 28.1 Å². The standard InChI is InChI=1S/C30H30N2O2S.H2O/c1-32(2)27-19-14-23(15-20-27)16-21-28(33)22-24-12-17-26(18-13-24)31-35(34)30-11-7-6-10-29(30)25-8-4-3-5-9-25;/h3-15,17-20,31H,16,21-22H2,1-2H3;1H2. The Morgan fingerprint density at radius 2 is 1.39 bits per heavy atom. The van der Waals surface area contributed by atoms with Crippen molar-refractivity contribution in [2.24, 2.45) is 0 Å². The van der Waals surface area contributed by atoms with Crippen LogP contribution in [-0.4, -0.2) is 29.6 Å². The number of Topliss-reactive ketones (excluding diaryl/α,β-unsaturated/α-hetero) is 1. The second-order valence-electron chi connectivity index (χ2n) is 8.71. The quantitative estimate of drug-likeness (QED) is 0.313. The summed E-state index contributed by atoms with van der Waals surface area (Å²) in [5.41, 5.74) is 6.00. The highest BCUT2D eigenvalue weighted by molar-refractivity contribution is 7.86. The minimum atomic E-state index is -1.41. The Morgan fingerprint density at radius 3 is 2.06 bits per heavy atom. The van der Waals surface area contributed by atoms with Crippen LogP contribution in [0.5, 0.6) is 0 Å². The number of carbonyl (C=O) groups excluding carboxylic acids is 1. The number of anilines is 2. The van der Waals surface area contributed by atoms with Gasteiger partial charge < -0.3 is 15.1 Å². The highest BCUT2D eigenvalue weighted by Gasteiger charge is 2.12. The second kappa shape index (κ2) is 12.8. The molecular formula is C30H32N2O3S. The summed E-state index contributed by atoms with van der Waals surface area (Å²) in [5, 5.41) is 0. The predicted molar refractivity (Wildman–Crippen MR) is 150 cm³/mol. The molecule has 186 valence electrons. The fraction of sp³-hybridized carbons (Fsp3) is 0.167. The number of nitrogens with zero attached hydrogens (tertiary/aromatic N) is 1. The Labute approximate surface area is 215 Å². The van der Waals surface area contributed by atoms with Gasteiger partial charge in [0.1, 0.15) is 5.78 Å². The van der Waals surface area contributed by atoms with Crippen molar-refractivity contribution < 1.29 is 14.5 Å². The molecule has 36 heavy (non-hydrogen) atoms. The van der Waals surface area contributed by atoms with E-state index in [-0.39, 0.29) is 11.3 Å². The number of aryl methyl sites for hydroxylation is 1. The number of rotatable bonds is 10. The van der Waals surface area contributed by atoms with Crippen molar-refractivity contribution in [2.75, 3.05) is 23.7 Å². The molecule has 4 aromatic rings. The van der Waals surface area contributed by atoms with Gasteiger partial charge in [-0.3, -0.25) is 4.79 Å². The smallest absolute Gasteiger partial charge is 0.150 e. The minimum absolute atomic E-state index is 0. The van der Waals surface area contributed by atoms with Gasteiger partial charge in [0.25, 0.3) is 0 Å². The lowest BCUT2D eigenvalue weighted by Gasteiger charge is -2.12. The summed E-state index contributed by atoms with van der Waals surface area (Å²) in [6.45, 7) is 0. The van der Waals surface area contributed by atoms with Crippen LogP contribution in [-0.2, 0) is 28.6 Å². The third-order valence-corrected chi connectivity index (χ3v) is 7.06. The van der Waals surface area contributed by atoms with Gasteiger partial charge in [0, 0.05) is 38.3 Å². The highest BCUT2D eigenvalue weighted by Crippen LogP contribution is 2.27. The van der Waals surface area contributed by atoms with E-state index in [0.29, 0.717) is 12.8 Å². The third kappa shape index (κ3) is 7.13. The van der Waals surface area contributed by atoms with Crippen molar-refractivity contribution in [3.05, 3.63) is 114 Å². The Kier molecular flexibility index (Phi) is 9.56. The SMILES string of the molecule is CN(C)c1ccc(CCC(=O)Cc2ccc(NS(=O)c3ccccc3-c3ccccc3)cc2)cc1.O. The first-order chi connectivity index (χ1) is 17.0. The minimum Gasteiger partial charge on any atom is -0.412 e. The average Bonchev–Trinajstić information content (AvgIpc) is 2.89. The number of ketones is 1. The average molecular weight is 501 g/mol. The maximum absolute atomic E-state index is 13.1. The zero-order valence-electron chi connectivity index (χ0n) is 20.6. The Hall–Kier alpha value is -3.74. The third-order valence-electron chi connectivity index (χ3n) is 5.88. The lowest BCUT2D eigenvalue weighted by molar-refractivity contribution is -0.118.